The molecule has 66 valence electrons. The molecule has 0 aliphatic heterocycles. The van der Waals surface area contributed by atoms with Gasteiger partial charge in [-0.1, -0.05) is 0 Å². The van der Waals surface area contributed by atoms with Gasteiger partial charge in [0.25, 0.3) is 0 Å². The molecule has 0 aliphatic carbocycles. The van der Waals surface area contributed by atoms with Crippen molar-refractivity contribution in [1.82, 2.24) is 0 Å². The molecule has 0 atom stereocenters. The van der Waals surface area contributed by atoms with E-state index in [1.165, 1.54) is 5.82 Å². The summed E-state index contributed by atoms with van der Waals surface area (Å²) in [5.74, 6) is -3.76. The van der Waals surface area contributed by atoms with Crippen LogP contribution < -0.4 is 4.46 Å². The molecule has 0 aromatic heterocycles. The van der Waals surface area contributed by atoms with Gasteiger partial charge in [0.2, 0.25) is 0 Å². The van der Waals surface area contributed by atoms with E-state index in [-0.39, 0.29) is 6.07 Å². The van der Waals surface area contributed by atoms with Crippen LogP contribution in [-0.2, 0) is 0 Å². The van der Waals surface area contributed by atoms with E-state index in [0.717, 1.165) is 0 Å². The normalized spacial score (nSPS) is 10.4. The molecule has 12 heavy (non-hydrogen) atoms. The van der Waals surface area contributed by atoms with Crippen molar-refractivity contribution in [2.75, 3.05) is 0 Å². The number of halogens is 4. The molecule has 1 aromatic rings. The molecule has 0 fully saturated rings. The predicted octanol–water partition coefficient (Wildman–Crippen LogP) is 1.62. The molecule has 0 saturated carbocycles. The molecular formula is C7H4F4Se. The first-order valence-electron chi connectivity index (χ1n) is 2.95. The molecule has 0 N–H and O–H groups in total. The summed E-state index contributed by atoms with van der Waals surface area (Å²) in [6.45, 7) is 0. The van der Waals surface area contributed by atoms with E-state index in [1.807, 2.05) is 0 Å². The molecule has 0 radical (unpaired) electrons. The summed E-state index contributed by atoms with van der Waals surface area (Å²) < 4.78 is 49.7. The first-order valence-corrected chi connectivity index (χ1v) is 5.52. The maximum absolute atomic E-state index is 12.7. The number of hydrogen-bond donors (Lipinski definition) is 0. The second-order valence-electron chi connectivity index (χ2n) is 2.00. The van der Waals surface area contributed by atoms with Gasteiger partial charge < -0.3 is 0 Å². The Hall–Kier alpha value is -0.541. The molecule has 1 aromatic carbocycles. The second-order valence-corrected chi connectivity index (χ2v) is 3.71. The van der Waals surface area contributed by atoms with E-state index in [2.05, 4.69) is 0 Å². The van der Waals surface area contributed by atoms with Gasteiger partial charge in [0.1, 0.15) is 0 Å². The van der Waals surface area contributed by atoms with E-state index in [4.69, 9.17) is 0 Å². The van der Waals surface area contributed by atoms with Crippen molar-refractivity contribution in [3.63, 3.8) is 0 Å². The Morgan fingerprint density at radius 1 is 1.00 bits per heavy atom. The van der Waals surface area contributed by atoms with Gasteiger partial charge >= 0.3 is 72.1 Å². The van der Waals surface area contributed by atoms with Gasteiger partial charge in [-0.2, -0.15) is 0 Å². The zero-order valence-electron chi connectivity index (χ0n) is 6.00. The third-order valence-corrected chi connectivity index (χ3v) is 2.88. The molecule has 1 rings (SSSR count). The van der Waals surface area contributed by atoms with Crippen molar-refractivity contribution in [3.8, 4) is 0 Å². The van der Waals surface area contributed by atoms with Crippen molar-refractivity contribution < 1.29 is 17.6 Å². The summed E-state index contributed by atoms with van der Waals surface area (Å²) in [5.41, 5.74) is 0. The van der Waals surface area contributed by atoms with Gasteiger partial charge in [-0.15, -0.1) is 0 Å². The first-order chi connectivity index (χ1) is 5.57. The molecule has 0 aliphatic rings. The fourth-order valence-electron chi connectivity index (χ4n) is 0.730. The van der Waals surface area contributed by atoms with E-state index in [9.17, 15) is 17.6 Å². The van der Waals surface area contributed by atoms with Crippen LogP contribution in [0.2, 0.25) is 5.82 Å². The fraction of sp³-hybridized carbons (Fsp3) is 0.143. The zero-order chi connectivity index (χ0) is 9.30. The van der Waals surface area contributed by atoms with Gasteiger partial charge in [0, 0.05) is 0 Å². The maximum atomic E-state index is 12.7. The van der Waals surface area contributed by atoms with Crippen LogP contribution in [0.4, 0.5) is 17.6 Å². The molecule has 0 spiro atoms. The Kier molecular flexibility index (Phi) is 2.75. The van der Waals surface area contributed by atoms with Gasteiger partial charge in [0.05, 0.1) is 0 Å². The molecule has 0 heterocycles. The number of benzene rings is 1. The SMILES string of the molecule is C[Se]c1c(F)c(F)cc(F)c1F. The Morgan fingerprint density at radius 3 is 1.75 bits per heavy atom. The molecule has 0 unspecified atom stereocenters. The molecule has 0 nitrogen and oxygen atoms in total. The van der Waals surface area contributed by atoms with Gasteiger partial charge in [-0.05, 0) is 0 Å². The Morgan fingerprint density at radius 2 is 1.42 bits per heavy atom. The number of hydrogen-bond acceptors (Lipinski definition) is 0. The molecule has 0 bridgehead atoms. The summed E-state index contributed by atoms with van der Waals surface area (Å²) in [6, 6.07) is 0.208. The van der Waals surface area contributed by atoms with E-state index in [1.54, 1.807) is 0 Å². The Bertz CT molecular complexity index is 285. The number of rotatable bonds is 1. The Balaban J connectivity index is 3.42. The third-order valence-electron chi connectivity index (χ3n) is 1.28. The average Bonchev–Trinajstić information content (AvgIpc) is 2.02. The third kappa shape index (κ3) is 1.47. The topological polar surface area (TPSA) is 0 Å². The van der Waals surface area contributed by atoms with E-state index >= 15 is 0 Å². The molecule has 0 saturated heterocycles. The van der Waals surface area contributed by atoms with Crippen molar-refractivity contribution in [2.24, 2.45) is 0 Å². The fourth-order valence-corrected chi connectivity index (χ4v) is 1.89. The standard InChI is InChI=1S/C7H4F4Se/c1-12-7-5(10)3(8)2-4(9)6(7)11/h2H,1H3. The van der Waals surface area contributed by atoms with Crippen LogP contribution in [0.5, 0.6) is 0 Å². The van der Waals surface area contributed by atoms with Crippen molar-refractivity contribution in [3.05, 3.63) is 29.3 Å². The van der Waals surface area contributed by atoms with E-state index in [0.29, 0.717) is 0 Å². The van der Waals surface area contributed by atoms with Crippen LogP contribution in [-0.4, -0.2) is 15.0 Å². The Labute approximate surface area is 72.7 Å². The quantitative estimate of drug-likeness (QED) is 0.399. The second kappa shape index (κ2) is 3.45. The predicted molar refractivity (Wildman–Crippen MR) is 37.5 cm³/mol. The van der Waals surface area contributed by atoms with Gasteiger partial charge in [-0.3, -0.25) is 0 Å². The zero-order valence-corrected chi connectivity index (χ0v) is 7.71. The van der Waals surface area contributed by atoms with Crippen LogP contribution in [0.15, 0.2) is 6.07 Å². The minimum atomic E-state index is -1.34. The summed E-state index contributed by atoms with van der Waals surface area (Å²) in [4.78, 5) is 0. The van der Waals surface area contributed by atoms with Gasteiger partial charge in [0.15, 0.2) is 0 Å². The molecule has 5 heteroatoms. The summed E-state index contributed by atoms with van der Waals surface area (Å²) in [6.07, 6.45) is 0. The van der Waals surface area contributed by atoms with Crippen molar-refractivity contribution in [1.29, 1.82) is 0 Å². The van der Waals surface area contributed by atoms with Crippen molar-refractivity contribution in [2.45, 2.75) is 5.82 Å². The summed E-state index contributed by atoms with van der Waals surface area (Å²) in [7, 11) is 0. The van der Waals surface area contributed by atoms with Crippen molar-refractivity contribution >= 4 is 19.4 Å². The van der Waals surface area contributed by atoms with Crippen LogP contribution in [0.3, 0.4) is 0 Å². The first kappa shape index (κ1) is 9.55. The van der Waals surface area contributed by atoms with Crippen LogP contribution in [0.25, 0.3) is 0 Å². The summed E-state index contributed by atoms with van der Waals surface area (Å²) >= 11 is -0.600. The molecular weight excluding hydrogens is 239 g/mol. The van der Waals surface area contributed by atoms with Crippen LogP contribution in [0.1, 0.15) is 0 Å². The van der Waals surface area contributed by atoms with Gasteiger partial charge in [-0.25, -0.2) is 0 Å². The minimum absolute atomic E-state index is 0.208. The van der Waals surface area contributed by atoms with E-state index < -0.39 is 42.7 Å². The average molecular weight is 243 g/mol. The van der Waals surface area contributed by atoms with Crippen LogP contribution in [0, 0.1) is 23.3 Å². The van der Waals surface area contributed by atoms with Crippen LogP contribution >= 0.6 is 0 Å². The molecule has 0 amide bonds. The monoisotopic (exact) mass is 244 g/mol. The summed E-state index contributed by atoms with van der Waals surface area (Å²) in [5, 5.41) is 0.